The molecule has 2 aromatic rings. The van der Waals surface area contributed by atoms with Gasteiger partial charge >= 0.3 is 0 Å². The molecule has 0 bridgehead atoms. The van der Waals surface area contributed by atoms with Gasteiger partial charge in [-0.25, -0.2) is 0 Å². The minimum Gasteiger partial charge on any atom is -0.311 e. The fourth-order valence-corrected chi connectivity index (χ4v) is 4.54. The standard InChI is InChI=1S/C14H16N2S/c1-9-12-5-3-7-16(12)14-11(8-15-9)10-4-2-6-13(10)17-14/h3,5,7,9,15H,2,4,6,8H2,1H3/t9-/m1/s1. The van der Waals surface area contributed by atoms with E-state index in [1.165, 1.54) is 30.0 Å². The van der Waals surface area contributed by atoms with Crippen LogP contribution in [-0.4, -0.2) is 4.57 Å². The van der Waals surface area contributed by atoms with Gasteiger partial charge in [-0.05, 0) is 43.9 Å². The number of hydrogen-bond acceptors (Lipinski definition) is 2. The van der Waals surface area contributed by atoms with Crippen molar-refractivity contribution in [3.05, 3.63) is 40.0 Å². The zero-order chi connectivity index (χ0) is 11.4. The molecule has 0 saturated heterocycles. The fourth-order valence-electron chi connectivity index (χ4n) is 3.12. The summed E-state index contributed by atoms with van der Waals surface area (Å²) in [6.45, 7) is 3.28. The molecule has 2 aliphatic rings. The Bertz CT molecular complexity index is 579. The normalized spacial score (nSPS) is 21.8. The number of nitrogens with one attached hydrogen (secondary N) is 1. The molecule has 2 nitrogen and oxygen atoms in total. The van der Waals surface area contributed by atoms with Crippen LogP contribution in [0.2, 0.25) is 0 Å². The zero-order valence-corrected chi connectivity index (χ0v) is 10.8. The van der Waals surface area contributed by atoms with Crippen molar-refractivity contribution >= 4 is 11.3 Å². The monoisotopic (exact) mass is 244 g/mol. The van der Waals surface area contributed by atoms with Crippen LogP contribution in [-0.2, 0) is 19.4 Å². The van der Waals surface area contributed by atoms with E-state index >= 15 is 0 Å². The van der Waals surface area contributed by atoms with E-state index in [2.05, 4.69) is 35.1 Å². The first kappa shape index (κ1) is 9.92. The molecule has 0 aromatic carbocycles. The highest BCUT2D eigenvalue weighted by Crippen LogP contribution is 2.40. The van der Waals surface area contributed by atoms with Crippen molar-refractivity contribution in [1.82, 2.24) is 9.88 Å². The molecule has 0 radical (unpaired) electrons. The molecule has 0 saturated carbocycles. The second-order valence-electron chi connectivity index (χ2n) is 5.05. The molecule has 0 unspecified atom stereocenters. The Hall–Kier alpha value is -1.06. The molecule has 3 heterocycles. The third-order valence-electron chi connectivity index (χ3n) is 4.04. The molecule has 0 fully saturated rings. The van der Waals surface area contributed by atoms with Gasteiger partial charge < -0.3 is 9.88 Å². The van der Waals surface area contributed by atoms with Crippen molar-refractivity contribution in [3.63, 3.8) is 0 Å². The molecule has 0 amide bonds. The molecule has 1 atom stereocenters. The predicted molar refractivity (Wildman–Crippen MR) is 70.9 cm³/mol. The van der Waals surface area contributed by atoms with E-state index in [1.54, 1.807) is 16.0 Å². The Morgan fingerprint density at radius 2 is 2.29 bits per heavy atom. The second-order valence-corrected chi connectivity index (χ2v) is 6.13. The zero-order valence-electron chi connectivity index (χ0n) is 9.99. The molecule has 1 aliphatic carbocycles. The highest BCUT2D eigenvalue weighted by atomic mass is 32.1. The van der Waals surface area contributed by atoms with Gasteiger partial charge in [0.25, 0.3) is 0 Å². The van der Waals surface area contributed by atoms with E-state index in [0.29, 0.717) is 6.04 Å². The number of thiophene rings is 1. The SMILES string of the molecule is C[C@H]1NCc2c(sc3c2CCC3)-n2cccc21. The van der Waals surface area contributed by atoms with Crippen LogP contribution in [0, 0.1) is 0 Å². The van der Waals surface area contributed by atoms with Gasteiger partial charge in [0.1, 0.15) is 5.00 Å². The van der Waals surface area contributed by atoms with Crippen molar-refractivity contribution in [2.45, 2.75) is 38.8 Å². The van der Waals surface area contributed by atoms with Crippen LogP contribution >= 0.6 is 11.3 Å². The lowest BCUT2D eigenvalue weighted by Gasteiger charge is -2.11. The van der Waals surface area contributed by atoms with Gasteiger partial charge in [0, 0.05) is 34.9 Å². The minimum absolute atomic E-state index is 0.446. The lowest BCUT2D eigenvalue weighted by Crippen LogP contribution is -2.17. The molecular formula is C14H16N2S. The first-order valence-electron chi connectivity index (χ1n) is 6.39. The number of nitrogens with zero attached hydrogens (tertiary/aromatic N) is 1. The van der Waals surface area contributed by atoms with E-state index in [0.717, 1.165) is 6.54 Å². The quantitative estimate of drug-likeness (QED) is 0.753. The second kappa shape index (κ2) is 3.47. The molecule has 4 rings (SSSR count). The number of rotatable bonds is 0. The van der Waals surface area contributed by atoms with Gasteiger partial charge in [-0.15, -0.1) is 11.3 Å². The molecule has 0 spiro atoms. The lowest BCUT2D eigenvalue weighted by molar-refractivity contribution is 0.568. The van der Waals surface area contributed by atoms with Gasteiger partial charge in [0.15, 0.2) is 0 Å². The average Bonchev–Trinajstić information content (AvgIpc) is 2.99. The van der Waals surface area contributed by atoms with Crippen molar-refractivity contribution in [3.8, 4) is 5.00 Å². The summed E-state index contributed by atoms with van der Waals surface area (Å²) in [6, 6.07) is 4.84. The fraction of sp³-hybridized carbons (Fsp3) is 0.429. The van der Waals surface area contributed by atoms with Crippen LogP contribution < -0.4 is 5.32 Å². The van der Waals surface area contributed by atoms with Crippen LogP contribution in [0.5, 0.6) is 0 Å². The first-order valence-corrected chi connectivity index (χ1v) is 7.20. The lowest BCUT2D eigenvalue weighted by atomic mass is 10.1. The Morgan fingerprint density at radius 1 is 1.35 bits per heavy atom. The number of fused-ring (bicyclic) bond motifs is 5. The summed E-state index contributed by atoms with van der Waals surface area (Å²) >= 11 is 2.01. The summed E-state index contributed by atoms with van der Waals surface area (Å²) < 4.78 is 2.39. The Kier molecular flexibility index (Phi) is 2.02. The van der Waals surface area contributed by atoms with E-state index in [-0.39, 0.29) is 0 Å². The predicted octanol–water partition coefficient (Wildman–Crippen LogP) is 3.19. The topological polar surface area (TPSA) is 17.0 Å². The van der Waals surface area contributed by atoms with E-state index in [4.69, 9.17) is 0 Å². The highest BCUT2D eigenvalue weighted by molar-refractivity contribution is 7.15. The number of aryl methyl sites for hydroxylation is 1. The van der Waals surface area contributed by atoms with Crippen molar-refractivity contribution in [2.24, 2.45) is 0 Å². The summed E-state index contributed by atoms with van der Waals surface area (Å²) in [5.74, 6) is 0. The first-order chi connectivity index (χ1) is 8.34. The van der Waals surface area contributed by atoms with Gasteiger partial charge in [-0.2, -0.15) is 0 Å². The van der Waals surface area contributed by atoms with Crippen molar-refractivity contribution < 1.29 is 0 Å². The van der Waals surface area contributed by atoms with E-state index in [9.17, 15) is 0 Å². The van der Waals surface area contributed by atoms with Crippen molar-refractivity contribution in [1.29, 1.82) is 0 Å². The maximum Gasteiger partial charge on any atom is 0.104 e. The Labute approximate surface area is 105 Å². The third-order valence-corrected chi connectivity index (χ3v) is 5.37. The van der Waals surface area contributed by atoms with Gasteiger partial charge in [0.05, 0.1) is 0 Å². The summed E-state index contributed by atoms with van der Waals surface area (Å²) in [4.78, 5) is 1.63. The number of hydrogen-bond donors (Lipinski definition) is 1. The van der Waals surface area contributed by atoms with Gasteiger partial charge in [-0.3, -0.25) is 0 Å². The molecule has 1 N–H and O–H groups in total. The average molecular weight is 244 g/mol. The molecular weight excluding hydrogens is 228 g/mol. The largest absolute Gasteiger partial charge is 0.311 e. The molecule has 88 valence electrons. The summed E-state index contributed by atoms with van der Waals surface area (Å²) in [7, 11) is 0. The van der Waals surface area contributed by atoms with E-state index in [1.807, 2.05) is 11.3 Å². The highest BCUT2D eigenvalue weighted by Gasteiger charge is 2.26. The van der Waals surface area contributed by atoms with Gasteiger partial charge in [-0.1, -0.05) is 0 Å². The van der Waals surface area contributed by atoms with Crippen LogP contribution in [0.1, 0.15) is 41.1 Å². The van der Waals surface area contributed by atoms with Crippen LogP contribution in [0.15, 0.2) is 18.3 Å². The molecule has 3 heteroatoms. The molecule has 2 aromatic heterocycles. The third kappa shape index (κ3) is 1.30. The minimum atomic E-state index is 0.446. The van der Waals surface area contributed by atoms with Crippen LogP contribution in [0.3, 0.4) is 0 Å². The Morgan fingerprint density at radius 3 is 3.24 bits per heavy atom. The van der Waals surface area contributed by atoms with Crippen molar-refractivity contribution in [2.75, 3.05) is 0 Å². The summed E-state index contributed by atoms with van der Waals surface area (Å²) in [5, 5.41) is 5.11. The summed E-state index contributed by atoms with van der Waals surface area (Å²) in [6.07, 6.45) is 6.14. The number of aromatic nitrogens is 1. The van der Waals surface area contributed by atoms with Crippen LogP contribution in [0.4, 0.5) is 0 Å². The van der Waals surface area contributed by atoms with E-state index < -0.39 is 0 Å². The summed E-state index contributed by atoms with van der Waals surface area (Å²) in [5.41, 5.74) is 4.60. The van der Waals surface area contributed by atoms with Gasteiger partial charge in [0.2, 0.25) is 0 Å². The maximum absolute atomic E-state index is 3.64. The smallest absolute Gasteiger partial charge is 0.104 e. The van der Waals surface area contributed by atoms with Crippen LogP contribution in [0.25, 0.3) is 5.00 Å². The Balaban J connectivity index is 1.98. The maximum atomic E-state index is 3.64. The molecule has 1 aliphatic heterocycles. The molecule has 17 heavy (non-hydrogen) atoms.